The lowest BCUT2D eigenvalue weighted by Crippen LogP contribution is -2.19. The molecule has 2 nitrogen and oxygen atoms in total. The number of carbonyl (C=O) groups is 1. The predicted molar refractivity (Wildman–Crippen MR) is 43.3 cm³/mol. The zero-order chi connectivity index (χ0) is 11.5. The number of alkyl halides is 3. The van der Waals surface area contributed by atoms with E-state index in [4.69, 9.17) is 0 Å². The second-order valence-corrected chi connectivity index (χ2v) is 2.71. The molecule has 0 N–H and O–H groups in total. The van der Waals surface area contributed by atoms with E-state index in [1.54, 1.807) is 0 Å². The van der Waals surface area contributed by atoms with Gasteiger partial charge in [-0.05, 0) is 18.2 Å². The van der Waals surface area contributed by atoms with Gasteiger partial charge >= 0.3 is 6.18 Å². The summed E-state index contributed by atoms with van der Waals surface area (Å²) in [6.07, 6.45) is -4.13. The molecular weight excluding hydrogens is 216 g/mol. The van der Waals surface area contributed by atoms with Crippen LogP contribution in [0.2, 0.25) is 0 Å². The topological polar surface area (TPSA) is 26.3 Å². The quantitative estimate of drug-likeness (QED) is 0.580. The van der Waals surface area contributed by atoms with Crippen molar-refractivity contribution in [3.05, 3.63) is 29.6 Å². The third kappa shape index (κ3) is 3.57. The van der Waals surface area contributed by atoms with E-state index in [1.807, 2.05) is 0 Å². The first kappa shape index (κ1) is 11.5. The molecule has 0 bridgehead atoms. The van der Waals surface area contributed by atoms with E-state index < -0.39 is 24.3 Å². The van der Waals surface area contributed by atoms with Crippen LogP contribution in [0.15, 0.2) is 18.2 Å². The fourth-order valence-electron chi connectivity index (χ4n) is 0.867. The number of hydrogen-bond donors (Lipinski definition) is 0. The minimum absolute atomic E-state index is 0.0341. The van der Waals surface area contributed by atoms with Crippen molar-refractivity contribution in [2.75, 3.05) is 6.61 Å². The molecular formula is C9H6F4O2. The summed E-state index contributed by atoms with van der Waals surface area (Å²) in [5.74, 6) is -1.53. The molecule has 0 aliphatic carbocycles. The van der Waals surface area contributed by atoms with Gasteiger partial charge in [-0.1, -0.05) is 0 Å². The summed E-state index contributed by atoms with van der Waals surface area (Å²) >= 11 is 0. The molecule has 0 amide bonds. The first-order valence-corrected chi connectivity index (χ1v) is 3.86. The molecule has 82 valence electrons. The Kier molecular flexibility index (Phi) is 3.28. The molecule has 1 aromatic carbocycles. The van der Waals surface area contributed by atoms with E-state index in [2.05, 4.69) is 4.74 Å². The fraction of sp³-hybridized carbons (Fsp3) is 0.222. The maximum Gasteiger partial charge on any atom is 0.422 e. The van der Waals surface area contributed by atoms with Gasteiger partial charge < -0.3 is 4.74 Å². The van der Waals surface area contributed by atoms with Crippen molar-refractivity contribution in [1.82, 2.24) is 0 Å². The number of ether oxygens (including phenoxy) is 1. The molecule has 0 aromatic heterocycles. The fourth-order valence-corrected chi connectivity index (χ4v) is 0.867. The van der Waals surface area contributed by atoms with E-state index in [9.17, 15) is 22.4 Å². The van der Waals surface area contributed by atoms with Crippen LogP contribution in [0.1, 0.15) is 10.4 Å². The van der Waals surface area contributed by atoms with Crippen molar-refractivity contribution >= 4 is 6.29 Å². The van der Waals surface area contributed by atoms with Gasteiger partial charge in [0.25, 0.3) is 0 Å². The first-order chi connectivity index (χ1) is 6.92. The van der Waals surface area contributed by atoms with Gasteiger partial charge in [-0.15, -0.1) is 0 Å². The van der Waals surface area contributed by atoms with Gasteiger partial charge in [0.15, 0.2) is 18.2 Å². The highest BCUT2D eigenvalue weighted by Gasteiger charge is 2.28. The maximum atomic E-state index is 13.0. The number of carbonyl (C=O) groups excluding carboxylic acids is 1. The Bertz CT molecular complexity index is 360. The molecule has 0 saturated carbocycles. The van der Waals surface area contributed by atoms with Crippen molar-refractivity contribution in [3.8, 4) is 5.75 Å². The molecule has 0 aliphatic rings. The number of rotatable bonds is 3. The summed E-state index contributed by atoms with van der Waals surface area (Å²) in [5, 5.41) is 0. The number of hydrogen-bond acceptors (Lipinski definition) is 2. The molecule has 0 saturated heterocycles. The molecule has 0 spiro atoms. The molecule has 0 unspecified atom stereocenters. The normalized spacial score (nSPS) is 11.2. The molecule has 15 heavy (non-hydrogen) atoms. The highest BCUT2D eigenvalue weighted by Crippen LogP contribution is 2.21. The van der Waals surface area contributed by atoms with E-state index in [-0.39, 0.29) is 5.56 Å². The van der Waals surface area contributed by atoms with Crippen LogP contribution < -0.4 is 4.74 Å². The van der Waals surface area contributed by atoms with Crippen LogP contribution >= 0.6 is 0 Å². The maximum absolute atomic E-state index is 13.0. The second-order valence-electron chi connectivity index (χ2n) is 2.71. The van der Waals surface area contributed by atoms with E-state index in [1.165, 1.54) is 6.07 Å². The molecule has 0 aliphatic heterocycles. The first-order valence-electron chi connectivity index (χ1n) is 3.86. The van der Waals surface area contributed by atoms with Crippen LogP contribution in [0.4, 0.5) is 17.6 Å². The number of halogens is 4. The molecule has 1 rings (SSSR count). The second kappa shape index (κ2) is 4.29. The van der Waals surface area contributed by atoms with Crippen LogP contribution in [-0.4, -0.2) is 19.1 Å². The predicted octanol–water partition coefficient (Wildman–Crippen LogP) is 2.58. The SMILES string of the molecule is O=Cc1ccc(OCC(F)(F)F)c(F)c1. The zero-order valence-electron chi connectivity index (χ0n) is 7.34. The summed E-state index contributed by atoms with van der Waals surface area (Å²) < 4.78 is 52.3. The molecule has 0 heterocycles. The van der Waals surface area contributed by atoms with Crippen molar-refractivity contribution in [1.29, 1.82) is 0 Å². The monoisotopic (exact) mass is 222 g/mol. The van der Waals surface area contributed by atoms with Gasteiger partial charge in [-0.3, -0.25) is 4.79 Å². The lowest BCUT2D eigenvalue weighted by Gasteiger charge is -2.09. The van der Waals surface area contributed by atoms with Crippen molar-refractivity contribution in [3.63, 3.8) is 0 Å². The van der Waals surface area contributed by atoms with Gasteiger partial charge in [0.2, 0.25) is 0 Å². The van der Waals surface area contributed by atoms with Crippen molar-refractivity contribution in [2.45, 2.75) is 6.18 Å². The lowest BCUT2D eigenvalue weighted by molar-refractivity contribution is -0.153. The van der Waals surface area contributed by atoms with Gasteiger partial charge in [0.05, 0.1) is 0 Å². The molecule has 6 heteroatoms. The van der Waals surface area contributed by atoms with Gasteiger partial charge in [0, 0.05) is 5.56 Å². The average Bonchev–Trinajstić information content (AvgIpc) is 2.14. The Hall–Kier alpha value is -1.59. The third-order valence-electron chi connectivity index (χ3n) is 1.48. The lowest BCUT2D eigenvalue weighted by atomic mass is 10.2. The summed E-state index contributed by atoms with van der Waals surface area (Å²) in [6, 6.07) is 2.95. The van der Waals surface area contributed by atoms with E-state index >= 15 is 0 Å². The van der Waals surface area contributed by atoms with Gasteiger partial charge in [-0.2, -0.15) is 13.2 Å². The average molecular weight is 222 g/mol. The van der Waals surface area contributed by atoms with Crippen LogP contribution in [0.3, 0.4) is 0 Å². The summed E-state index contributed by atoms with van der Waals surface area (Å²) in [5.41, 5.74) is 0.0341. The van der Waals surface area contributed by atoms with Crippen LogP contribution in [0.25, 0.3) is 0 Å². The van der Waals surface area contributed by atoms with E-state index in [0.717, 1.165) is 12.1 Å². The Morgan fingerprint density at radius 3 is 2.47 bits per heavy atom. The summed E-state index contributed by atoms with van der Waals surface area (Å²) in [7, 11) is 0. The molecule has 0 fully saturated rings. The van der Waals surface area contributed by atoms with Crippen molar-refractivity contribution in [2.24, 2.45) is 0 Å². The van der Waals surface area contributed by atoms with Gasteiger partial charge in [-0.25, -0.2) is 4.39 Å². The highest BCUT2D eigenvalue weighted by molar-refractivity contribution is 5.74. The van der Waals surface area contributed by atoms with Crippen LogP contribution in [-0.2, 0) is 0 Å². The Labute approximate surface area is 82.5 Å². The van der Waals surface area contributed by atoms with Crippen LogP contribution in [0, 0.1) is 5.82 Å². The van der Waals surface area contributed by atoms with Crippen LogP contribution in [0.5, 0.6) is 5.75 Å². The molecule has 0 radical (unpaired) electrons. The minimum atomic E-state index is -4.52. The highest BCUT2D eigenvalue weighted by atomic mass is 19.4. The Morgan fingerprint density at radius 1 is 1.33 bits per heavy atom. The number of benzene rings is 1. The van der Waals surface area contributed by atoms with E-state index in [0.29, 0.717) is 6.29 Å². The summed E-state index contributed by atoms with van der Waals surface area (Å²) in [6.45, 7) is -1.57. The standard InChI is InChI=1S/C9H6F4O2/c10-7-3-6(4-14)1-2-8(7)15-5-9(11,12)13/h1-4H,5H2. The smallest absolute Gasteiger partial charge is 0.422 e. The largest absolute Gasteiger partial charge is 0.481 e. The van der Waals surface area contributed by atoms with Gasteiger partial charge in [0.1, 0.15) is 6.29 Å². The van der Waals surface area contributed by atoms with Crippen molar-refractivity contribution < 1.29 is 27.1 Å². The number of aldehydes is 1. The minimum Gasteiger partial charge on any atom is -0.481 e. The molecule has 0 atom stereocenters. The zero-order valence-corrected chi connectivity index (χ0v) is 7.34. The Morgan fingerprint density at radius 2 is 2.00 bits per heavy atom. The molecule has 1 aromatic rings. The third-order valence-corrected chi connectivity index (χ3v) is 1.48. The summed E-state index contributed by atoms with van der Waals surface area (Å²) in [4.78, 5) is 10.2. The Balaban J connectivity index is 2.74.